The summed E-state index contributed by atoms with van der Waals surface area (Å²) in [5.74, 6) is 0.377. The molecule has 5 nitrogen and oxygen atoms in total. The minimum atomic E-state index is -0.253. The number of hydrogen-bond acceptors (Lipinski definition) is 4. The summed E-state index contributed by atoms with van der Waals surface area (Å²) in [6, 6.07) is 8.23. The Morgan fingerprint density at radius 3 is 2.77 bits per heavy atom. The van der Waals surface area contributed by atoms with Crippen LogP contribution < -0.4 is 10.6 Å². The molecule has 0 aliphatic carbocycles. The van der Waals surface area contributed by atoms with Gasteiger partial charge in [-0.3, -0.25) is 4.79 Å². The van der Waals surface area contributed by atoms with Gasteiger partial charge in [-0.1, -0.05) is 23.4 Å². The number of hydrogen-bond donors (Lipinski definition) is 1. The maximum absolute atomic E-state index is 11.8. The molecule has 3 rings (SSSR count). The number of benzene rings is 1. The molecular formula is C17H21N3O2. The Morgan fingerprint density at radius 2 is 2.14 bits per heavy atom. The molecule has 1 aromatic heterocycles. The van der Waals surface area contributed by atoms with Gasteiger partial charge in [0.05, 0.1) is 11.6 Å². The fraction of sp³-hybridized carbons (Fsp3) is 0.412. The second kappa shape index (κ2) is 5.48. The van der Waals surface area contributed by atoms with Crippen LogP contribution in [0.3, 0.4) is 0 Å². The van der Waals surface area contributed by atoms with Gasteiger partial charge in [0, 0.05) is 23.8 Å². The summed E-state index contributed by atoms with van der Waals surface area (Å²) < 4.78 is 5.27. The molecule has 2 N–H and O–H groups in total. The van der Waals surface area contributed by atoms with Crippen molar-refractivity contribution in [2.45, 2.75) is 45.7 Å². The predicted octanol–water partition coefficient (Wildman–Crippen LogP) is 2.66. The highest BCUT2D eigenvalue weighted by Gasteiger charge is 2.33. The van der Waals surface area contributed by atoms with Gasteiger partial charge < -0.3 is 15.2 Å². The van der Waals surface area contributed by atoms with Gasteiger partial charge in [0.25, 0.3) is 0 Å². The normalized spacial score (nSPS) is 20.8. The fourth-order valence-electron chi connectivity index (χ4n) is 3.28. The summed E-state index contributed by atoms with van der Waals surface area (Å²) >= 11 is 0. The first-order chi connectivity index (χ1) is 10.5. The van der Waals surface area contributed by atoms with Crippen LogP contribution in [0.1, 0.15) is 41.8 Å². The van der Waals surface area contributed by atoms with Gasteiger partial charge in [-0.25, -0.2) is 0 Å². The molecule has 0 saturated heterocycles. The number of carbonyl (C=O) groups excluding carboxylic acids is 1. The van der Waals surface area contributed by atoms with Gasteiger partial charge >= 0.3 is 0 Å². The van der Waals surface area contributed by atoms with Crippen molar-refractivity contribution >= 4 is 11.6 Å². The Morgan fingerprint density at radius 1 is 1.41 bits per heavy atom. The maximum atomic E-state index is 11.8. The summed E-state index contributed by atoms with van der Waals surface area (Å²) in [4.78, 5) is 14.1. The zero-order chi connectivity index (χ0) is 15.9. The van der Waals surface area contributed by atoms with E-state index in [9.17, 15) is 4.79 Å². The lowest BCUT2D eigenvalue weighted by molar-refractivity contribution is -0.119. The van der Waals surface area contributed by atoms with E-state index in [1.54, 1.807) is 0 Å². The molecule has 5 heteroatoms. The molecule has 1 amide bonds. The third-order valence-electron chi connectivity index (χ3n) is 4.58. The molecule has 2 aromatic rings. The third kappa shape index (κ3) is 2.36. The van der Waals surface area contributed by atoms with Gasteiger partial charge in [0.15, 0.2) is 0 Å². The van der Waals surface area contributed by atoms with E-state index in [4.69, 9.17) is 10.3 Å². The number of anilines is 1. The SMILES string of the molecule is Cc1noc(C)c1CN1c2ccccc2[C@H](C(N)=O)C[C@@H]1C. The molecule has 1 aromatic carbocycles. The molecular weight excluding hydrogens is 278 g/mol. The zero-order valence-electron chi connectivity index (χ0n) is 13.2. The van der Waals surface area contributed by atoms with Crippen molar-refractivity contribution in [1.29, 1.82) is 0 Å². The molecule has 22 heavy (non-hydrogen) atoms. The molecule has 0 unspecified atom stereocenters. The Balaban J connectivity index is 2.01. The van der Waals surface area contributed by atoms with E-state index in [1.807, 2.05) is 32.0 Å². The predicted molar refractivity (Wildman–Crippen MR) is 84.6 cm³/mol. The van der Waals surface area contributed by atoms with Gasteiger partial charge in [-0.15, -0.1) is 0 Å². The Bertz CT molecular complexity index is 688. The highest BCUT2D eigenvalue weighted by molar-refractivity contribution is 5.85. The monoisotopic (exact) mass is 299 g/mol. The topological polar surface area (TPSA) is 72.4 Å². The van der Waals surface area contributed by atoms with Gasteiger partial charge in [-0.05, 0) is 38.8 Å². The van der Waals surface area contributed by atoms with Crippen LogP contribution in [0.15, 0.2) is 28.8 Å². The number of nitrogens with zero attached hydrogens (tertiary/aromatic N) is 2. The summed E-state index contributed by atoms with van der Waals surface area (Å²) in [7, 11) is 0. The number of amides is 1. The van der Waals surface area contributed by atoms with Crippen LogP contribution in [0.5, 0.6) is 0 Å². The summed E-state index contributed by atoms with van der Waals surface area (Å²) in [6.45, 7) is 6.75. The largest absolute Gasteiger partial charge is 0.369 e. The number of fused-ring (bicyclic) bond motifs is 1. The first-order valence-corrected chi connectivity index (χ1v) is 7.55. The lowest BCUT2D eigenvalue weighted by Gasteiger charge is -2.40. The average molecular weight is 299 g/mol. The van der Waals surface area contributed by atoms with E-state index in [2.05, 4.69) is 23.0 Å². The number of aromatic nitrogens is 1. The zero-order valence-corrected chi connectivity index (χ0v) is 13.2. The van der Waals surface area contributed by atoms with Crippen LogP contribution in [-0.4, -0.2) is 17.1 Å². The number of aryl methyl sites for hydroxylation is 2. The smallest absolute Gasteiger partial charge is 0.225 e. The Hall–Kier alpha value is -2.30. The summed E-state index contributed by atoms with van der Waals surface area (Å²) in [6.07, 6.45) is 0.732. The van der Waals surface area contributed by atoms with Crippen molar-refractivity contribution in [3.63, 3.8) is 0 Å². The third-order valence-corrected chi connectivity index (χ3v) is 4.58. The molecule has 116 valence electrons. The molecule has 0 saturated carbocycles. The number of carbonyl (C=O) groups is 1. The maximum Gasteiger partial charge on any atom is 0.225 e. The van der Waals surface area contributed by atoms with Gasteiger partial charge in [0.1, 0.15) is 5.76 Å². The second-order valence-electron chi connectivity index (χ2n) is 6.03. The molecule has 0 fully saturated rings. The molecule has 0 spiro atoms. The summed E-state index contributed by atoms with van der Waals surface area (Å²) in [5.41, 5.74) is 9.71. The van der Waals surface area contributed by atoms with Crippen molar-refractivity contribution in [3.05, 3.63) is 46.8 Å². The van der Waals surface area contributed by atoms with Crippen molar-refractivity contribution in [3.8, 4) is 0 Å². The van der Waals surface area contributed by atoms with Crippen molar-refractivity contribution in [2.75, 3.05) is 4.90 Å². The molecule has 1 aliphatic rings. The Labute approximate surface area is 130 Å². The number of para-hydroxylation sites is 1. The lowest BCUT2D eigenvalue weighted by atomic mass is 9.85. The molecule has 1 aliphatic heterocycles. The van der Waals surface area contributed by atoms with Gasteiger partial charge in [0.2, 0.25) is 5.91 Å². The van der Waals surface area contributed by atoms with Gasteiger partial charge in [-0.2, -0.15) is 0 Å². The van der Waals surface area contributed by atoms with Crippen LogP contribution in [0.4, 0.5) is 5.69 Å². The quantitative estimate of drug-likeness (QED) is 0.945. The second-order valence-corrected chi connectivity index (χ2v) is 6.03. The highest BCUT2D eigenvalue weighted by Crippen LogP contribution is 2.39. The van der Waals surface area contributed by atoms with E-state index in [-0.39, 0.29) is 17.9 Å². The number of primary amides is 1. The van der Waals surface area contributed by atoms with Crippen LogP contribution in [-0.2, 0) is 11.3 Å². The van der Waals surface area contributed by atoms with E-state index >= 15 is 0 Å². The molecule has 0 bridgehead atoms. The first-order valence-electron chi connectivity index (χ1n) is 7.55. The van der Waals surface area contributed by atoms with Crippen LogP contribution in [0.25, 0.3) is 0 Å². The van der Waals surface area contributed by atoms with Crippen LogP contribution in [0.2, 0.25) is 0 Å². The van der Waals surface area contributed by atoms with Crippen molar-refractivity contribution in [2.24, 2.45) is 5.73 Å². The van der Waals surface area contributed by atoms with Crippen molar-refractivity contribution < 1.29 is 9.32 Å². The van der Waals surface area contributed by atoms with Crippen molar-refractivity contribution in [1.82, 2.24) is 5.16 Å². The highest BCUT2D eigenvalue weighted by atomic mass is 16.5. The molecule has 2 heterocycles. The minimum absolute atomic E-state index is 0.216. The summed E-state index contributed by atoms with van der Waals surface area (Å²) in [5, 5.41) is 4.03. The van der Waals surface area contributed by atoms with E-state index < -0.39 is 0 Å². The average Bonchev–Trinajstić information content (AvgIpc) is 2.81. The minimum Gasteiger partial charge on any atom is -0.369 e. The molecule has 0 radical (unpaired) electrons. The molecule has 2 atom stereocenters. The van der Waals surface area contributed by atoms with E-state index in [1.165, 1.54) is 0 Å². The van der Waals surface area contributed by atoms with E-state index in [0.717, 1.165) is 41.2 Å². The fourth-order valence-corrected chi connectivity index (χ4v) is 3.28. The lowest BCUT2D eigenvalue weighted by Crippen LogP contribution is -2.41. The number of rotatable bonds is 3. The van der Waals surface area contributed by atoms with Crippen LogP contribution in [0, 0.1) is 13.8 Å². The first kappa shape index (κ1) is 14.6. The standard InChI is InChI=1S/C17H21N3O2/c1-10-8-14(17(18)21)13-6-4-5-7-16(13)20(10)9-15-11(2)19-22-12(15)3/h4-7,10,14H,8-9H2,1-3H3,(H2,18,21)/t10-,14+/m0/s1. The Kier molecular flexibility index (Phi) is 3.64. The van der Waals surface area contributed by atoms with E-state index in [0.29, 0.717) is 0 Å². The van der Waals surface area contributed by atoms with Crippen LogP contribution >= 0.6 is 0 Å². The number of nitrogens with two attached hydrogens (primary N) is 1.